The highest BCUT2D eigenvalue weighted by atomic mass is 32.2. The maximum absolute atomic E-state index is 13.2. The van der Waals surface area contributed by atoms with Crippen LogP contribution in [0.25, 0.3) is 0 Å². The second-order valence-corrected chi connectivity index (χ2v) is 7.57. The van der Waals surface area contributed by atoms with Gasteiger partial charge in [0, 0.05) is 18.3 Å². The lowest BCUT2D eigenvalue weighted by Gasteiger charge is -2.22. The number of pyridine rings is 1. The third kappa shape index (κ3) is 4.35. The van der Waals surface area contributed by atoms with Gasteiger partial charge < -0.3 is 9.73 Å². The Morgan fingerprint density at radius 1 is 1.11 bits per heavy atom. The molecule has 0 bridgehead atoms. The summed E-state index contributed by atoms with van der Waals surface area (Å²) in [6.07, 6.45) is 3.36. The average Bonchev–Trinajstić information content (AvgIpc) is 3.20. The molecule has 2 heterocycles. The molecule has 0 radical (unpaired) electrons. The number of nitrogens with zero attached hydrogens (tertiary/aromatic N) is 2. The number of anilines is 2. The van der Waals surface area contributed by atoms with E-state index < -0.39 is 10.0 Å². The number of nitrogens with one attached hydrogen (secondary N) is 1. The molecule has 0 aliphatic rings. The van der Waals surface area contributed by atoms with Crippen LogP contribution in [0.3, 0.4) is 0 Å². The van der Waals surface area contributed by atoms with Crippen LogP contribution in [-0.2, 0) is 21.4 Å². The first-order chi connectivity index (χ1) is 13.0. The van der Waals surface area contributed by atoms with Crippen LogP contribution in [0.15, 0.2) is 76.4 Å². The molecule has 0 atom stereocenters. The van der Waals surface area contributed by atoms with Crippen LogP contribution in [0.5, 0.6) is 0 Å². The number of furan rings is 1. The van der Waals surface area contributed by atoms with Crippen molar-refractivity contribution in [3.05, 3.63) is 72.8 Å². The summed E-state index contributed by atoms with van der Waals surface area (Å²) >= 11 is 0. The van der Waals surface area contributed by atoms with E-state index in [1.165, 1.54) is 28.9 Å². The number of sulfonamides is 1. The Labute approximate surface area is 157 Å². The van der Waals surface area contributed by atoms with Crippen LogP contribution < -0.4 is 9.62 Å². The van der Waals surface area contributed by atoms with E-state index in [9.17, 15) is 13.2 Å². The minimum atomic E-state index is -3.88. The fraction of sp³-hybridized carbons (Fsp3) is 0.158. The second kappa shape index (κ2) is 8.05. The number of amides is 1. The van der Waals surface area contributed by atoms with Gasteiger partial charge in [0.1, 0.15) is 11.6 Å². The van der Waals surface area contributed by atoms with Gasteiger partial charge >= 0.3 is 0 Å². The lowest BCUT2D eigenvalue weighted by molar-refractivity contribution is -0.115. The highest BCUT2D eigenvalue weighted by molar-refractivity contribution is 7.92. The molecule has 7 nitrogen and oxygen atoms in total. The molecule has 0 aliphatic heterocycles. The largest absolute Gasteiger partial charge is 0.467 e. The summed E-state index contributed by atoms with van der Waals surface area (Å²) in [6, 6.07) is 14.5. The van der Waals surface area contributed by atoms with Gasteiger partial charge in [0.05, 0.1) is 17.7 Å². The van der Waals surface area contributed by atoms with Crippen LogP contribution in [0.4, 0.5) is 11.5 Å². The van der Waals surface area contributed by atoms with Gasteiger partial charge in [-0.1, -0.05) is 13.0 Å². The molecule has 27 heavy (non-hydrogen) atoms. The highest BCUT2D eigenvalue weighted by Crippen LogP contribution is 2.25. The molecule has 8 heteroatoms. The van der Waals surface area contributed by atoms with Crippen molar-refractivity contribution in [3.8, 4) is 0 Å². The Bertz CT molecular complexity index is 985. The van der Waals surface area contributed by atoms with E-state index in [2.05, 4.69) is 10.3 Å². The Morgan fingerprint density at radius 3 is 2.48 bits per heavy atom. The van der Waals surface area contributed by atoms with Gasteiger partial charge in [-0.3, -0.25) is 4.79 Å². The topological polar surface area (TPSA) is 92.5 Å². The molecule has 3 rings (SSSR count). The van der Waals surface area contributed by atoms with Gasteiger partial charge in [-0.05, 0) is 48.5 Å². The van der Waals surface area contributed by atoms with E-state index in [1.54, 1.807) is 49.4 Å². The first-order valence-electron chi connectivity index (χ1n) is 8.37. The summed E-state index contributed by atoms with van der Waals surface area (Å²) in [5.41, 5.74) is 0.538. The van der Waals surface area contributed by atoms with Gasteiger partial charge in [0.15, 0.2) is 0 Å². The quantitative estimate of drug-likeness (QED) is 0.673. The molecular formula is C19H19N3O4S. The van der Waals surface area contributed by atoms with Crippen LogP contribution in [-0.4, -0.2) is 19.3 Å². The van der Waals surface area contributed by atoms with Crippen molar-refractivity contribution in [1.29, 1.82) is 0 Å². The number of aromatic nitrogens is 1. The second-order valence-electron chi connectivity index (χ2n) is 5.71. The predicted octanol–water partition coefficient (Wildman–Crippen LogP) is 3.42. The molecule has 0 saturated carbocycles. The van der Waals surface area contributed by atoms with Crippen LogP contribution >= 0.6 is 0 Å². The Hall–Kier alpha value is -3.13. The van der Waals surface area contributed by atoms with Crippen molar-refractivity contribution in [3.63, 3.8) is 0 Å². The summed E-state index contributed by atoms with van der Waals surface area (Å²) < 4.78 is 32.9. The molecule has 0 fully saturated rings. The molecule has 1 amide bonds. The fourth-order valence-corrected chi connectivity index (χ4v) is 3.81. The number of hydrogen-bond donors (Lipinski definition) is 1. The van der Waals surface area contributed by atoms with Crippen molar-refractivity contribution in [2.24, 2.45) is 0 Å². The van der Waals surface area contributed by atoms with E-state index in [0.29, 0.717) is 17.9 Å². The van der Waals surface area contributed by atoms with Crippen molar-refractivity contribution < 1.29 is 17.6 Å². The third-order valence-electron chi connectivity index (χ3n) is 3.83. The molecule has 0 unspecified atom stereocenters. The number of benzene rings is 1. The van der Waals surface area contributed by atoms with E-state index in [-0.39, 0.29) is 23.2 Å². The highest BCUT2D eigenvalue weighted by Gasteiger charge is 2.27. The van der Waals surface area contributed by atoms with Crippen molar-refractivity contribution in [2.75, 3.05) is 9.62 Å². The molecular weight excluding hydrogens is 366 g/mol. The zero-order chi connectivity index (χ0) is 19.3. The summed E-state index contributed by atoms with van der Waals surface area (Å²) in [5, 5.41) is 2.69. The van der Waals surface area contributed by atoms with Crippen LogP contribution in [0, 0.1) is 0 Å². The standard InChI is InChI=1S/C19H19N3O4S/c1-2-19(23)21-15-8-10-17(11-9-15)27(24,25)22(14-16-6-5-13-26-16)18-7-3-4-12-20-18/h3-13H,2,14H2,1H3,(H,21,23). The number of carbonyl (C=O) groups is 1. The number of hydrogen-bond acceptors (Lipinski definition) is 5. The summed E-state index contributed by atoms with van der Waals surface area (Å²) in [4.78, 5) is 15.7. The Balaban J connectivity index is 1.94. The number of carbonyl (C=O) groups excluding carboxylic acids is 1. The smallest absolute Gasteiger partial charge is 0.265 e. The summed E-state index contributed by atoms with van der Waals surface area (Å²) in [7, 11) is -3.88. The molecule has 3 aromatic rings. The molecule has 140 valence electrons. The normalized spacial score (nSPS) is 11.1. The van der Waals surface area contributed by atoms with Crippen molar-refractivity contribution in [1.82, 2.24) is 4.98 Å². The molecule has 1 aromatic carbocycles. The molecule has 0 aliphatic carbocycles. The Morgan fingerprint density at radius 2 is 1.89 bits per heavy atom. The van der Waals surface area contributed by atoms with Gasteiger partial charge in [0.2, 0.25) is 5.91 Å². The van der Waals surface area contributed by atoms with Gasteiger partial charge in [-0.2, -0.15) is 0 Å². The van der Waals surface area contributed by atoms with E-state index >= 15 is 0 Å². The Kier molecular flexibility index (Phi) is 5.56. The van der Waals surface area contributed by atoms with E-state index in [0.717, 1.165) is 0 Å². The predicted molar refractivity (Wildman–Crippen MR) is 102 cm³/mol. The van der Waals surface area contributed by atoms with Crippen molar-refractivity contribution >= 4 is 27.4 Å². The van der Waals surface area contributed by atoms with Crippen molar-refractivity contribution in [2.45, 2.75) is 24.8 Å². The monoisotopic (exact) mass is 385 g/mol. The molecule has 2 aromatic heterocycles. The minimum Gasteiger partial charge on any atom is -0.467 e. The lowest BCUT2D eigenvalue weighted by Crippen LogP contribution is -2.31. The van der Waals surface area contributed by atoms with Gasteiger partial charge in [-0.25, -0.2) is 17.7 Å². The minimum absolute atomic E-state index is 0.0146. The molecule has 0 spiro atoms. The number of rotatable bonds is 7. The lowest BCUT2D eigenvalue weighted by atomic mass is 10.3. The maximum atomic E-state index is 13.2. The zero-order valence-electron chi connectivity index (χ0n) is 14.7. The van der Waals surface area contributed by atoms with Gasteiger partial charge in [-0.15, -0.1) is 0 Å². The maximum Gasteiger partial charge on any atom is 0.265 e. The van der Waals surface area contributed by atoms with Crippen LogP contribution in [0.2, 0.25) is 0 Å². The third-order valence-corrected chi connectivity index (χ3v) is 5.60. The SMILES string of the molecule is CCC(=O)Nc1ccc(S(=O)(=O)N(Cc2ccco2)c2ccccn2)cc1. The fourth-order valence-electron chi connectivity index (χ4n) is 2.42. The van der Waals surface area contributed by atoms with E-state index in [4.69, 9.17) is 4.42 Å². The summed E-state index contributed by atoms with van der Waals surface area (Å²) in [6.45, 7) is 1.76. The van der Waals surface area contributed by atoms with E-state index in [1.807, 2.05) is 0 Å². The van der Waals surface area contributed by atoms with Crippen LogP contribution in [0.1, 0.15) is 19.1 Å². The van der Waals surface area contributed by atoms with Gasteiger partial charge in [0.25, 0.3) is 10.0 Å². The molecule has 1 N–H and O–H groups in total. The summed E-state index contributed by atoms with van der Waals surface area (Å²) in [5.74, 6) is 0.645. The average molecular weight is 385 g/mol. The molecule has 0 saturated heterocycles. The zero-order valence-corrected chi connectivity index (χ0v) is 15.5. The first-order valence-corrected chi connectivity index (χ1v) is 9.81. The first kappa shape index (κ1) is 18.7.